The Labute approximate surface area is 72.8 Å². The van der Waals surface area contributed by atoms with Gasteiger partial charge in [0.1, 0.15) is 12.4 Å². The van der Waals surface area contributed by atoms with E-state index >= 15 is 0 Å². The van der Waals surface area contributed by atoms with Crippen LogP contribution in [0.25, 0.3) is 0 Å². The van der Waals surface area contributed by atoms with Gasteiger partial charge < -0.3 is 22.9 Å². The first kappa shape index (κ1) is 10.3. The van der Waals surface area contributed by atoms with Crippen molar-refractivity contribution < 1.29 is 17.1 Å². The Bertz CT molecular complexity index is 179. The lowest BCUT2D eigenvalue weighted by molar-refractivity contribution is -0.00000255. The van der Waals surface area contributed by atoms with Crippen molar-refractivity contribution in [2.45, 2.75) is 0 Å². The number of benzene rings is 1. The fourth-order valence-electron chi connectivity index (χ4n) is 0.693. The summed E-state index contributed by atoms with van der Waals surface area (Å²) in [4.78, 5) is 0. The van der Waals surface area contributed by atoms with E-state index < -0.39 is 0 Å². The molecule has 11 heavy (non-hydrogen) atoms. The number of hydrogen-bond donors (Lipinski definition) is 1. The zero-order chi connectivity index (χ0) is 7.23. The van der Waals surface area contributed by atoms with Crippen LogP contribution < -0.4 is 22.9 Å². The van der Waals surface area contributed by atoms with Gasteiger partial charge in [0.2, 0.25) is 0 Å². The van der Waals surface area contributed by atoms with Gasteiger partial charge >= 0.3 is 0 Å². The molecule has 0 aromatic heterocycles. The average molecular weight is 173 g/mol. The van der Waals surface area contributed by atoms with E-state index in [0.29, 0.717) is 13.2 Å². The highest BCUT2D eigenvalue weighted by Gasteiger charge is 1.86. The third kappa shape index (κ3) is 3.86. The number of rotatable bonds is 3. The minimum atomic E-state index is 0. The third-order valence-electron chi connectivity index (χ3n) is 1.13. The predicted octanol–water partition coefficient (Wildman–Crippen LogP) is -1.97. The zero-order valence-corrected chi connectivity index (χ0v) is 6.92. The number of hydrogen-bond acceptors (Lipinski definition) is 2. The molecule has 0 heterocycles. The van der Waals surface area contributed by atoms with E-state index in [1.54, 1.807) is 0 Å². The van der Waals surface area contributed by atoms with E-state index in [2.05, 4.69) is 0 Å². The van der Waals surface area contributed by atoms with Gasteiger partial charge in [-0.15, -0.1) is 0 Å². The van der Waals surface area contributed by atoms with Crippen LogP contribution in [0, 0.1) is 0 Å². The molecule has 0 aliphatic heterocycles. The van der Waals surface area contributed by atoms with Crippen LogP contribution in [0.2, 0.25) is 0 Å². The highest BCUT2D eigenvalue weighted by Crippen LogP contribution is 2.06. The second-order valence-corrected chi connectivity index (χ2v) is 1.95. The molecule has 0 amide bonds. The van der Waals surface area contributed by atoms with E-state index in [1.807, 2.05) is 30.3 Å². The molecule has 2 nitrogen and oxygen atoms in total. The minimum Gasteiger partial charge on any atom is -1.00 e. The molecule has 0 saturated carbocycles. The first-order valence-corrected chi connectivity index (χ1v) is 3.31. The van der Waals surface area contributed by atoms with Gasteiger partial charge in [0, 0.05) is 6.54 Å². The number of para-hydroxylation sites is 1. The van der Waals surface area contributed by atoms with E-state index in [4.69, 9.17) is 10.5 Å². The summed E-state index contributed by atoms with van der Waals surface area (Å²) in [7, 11) is 0. The lowest BCUT2D eigenvalue weighted by atomic mass is 10.3. The summed E-state index contributed by atoms with van der Waals surface area (Å²) in [6, 6.07) is 9.65. The summed E-state index contributed by atoms with van der Waals surface area (Å²) in [5, 5.41) is 0. The Morgan fingerprint density at radius 3 is 2.36 bits per heavy atom. The highest BCUT2D eigenvalue weighted by atomic mass is 35.5. The van der Waals surface area contributed by atoms with Gasteiger partial charge in [-0.1, -0.05) is 18.2 Å². The first-order valence-electron chi connectivity index (χ1n) is 3.31. The van der Waals surface area contributed by atoms with Gasteiger partial charge in [-0.25, -0.2) is 0 Å². The molecule has 1 aromatic carbocycles. The van der Waals surface area contributed by atoms with E-state index in [1.165, 1.54) is 0 Å². The van der Waals surface area contributed by atoms with Gasteiger partial charge in [0.15, 0.2) is 0 Å². The molecule has 0 atom stereocenters. The third-order valence-corrected chi connectivity index (χ3v) is 1.13. The second kappa shape index (κ2) is 6.01. The minimum absolute atomic E-state index is 0. The Hall–Kier alpha value is -0.730. The van der Waals surface area contributed by atoms with Crippen molar-refractivity contribution in [2.24, 2.45) is 5.73 Å². The maximum Gasteiger partial charge on any atom is 0.119 e. The molecule has 3 heteroatoms. The molecule has 62 valence electrons. The average Bonchev–Trinajstić information content (AvgIpc) is 2.03. The van der Waals surface area contributed by atoms with E-state index in [-0.39, 0.29) is 12.4 Å². The monoisotopic (exact) mass is 172 g/mol. The molecule has 0 bridgehead atoms. The Morgan fingerprint density at radius 1 is 1.18 bits per heavy atom. The molecule has 0 unspecified atom stereocenters. The summed E-state index contributed by atoms with van der Waals surface area (Å²) in [5.41, 5.74) is 5.25. The van der Waals surface area contributed by atoms with Crippen LogP contribution in [0.1, 0.15) is 0 Å². The molecule has 2 N–H and O–H groups in total. The van der Waals surface area contributed by atoms with Crippen molar-refractivity contribution in [3.05, 3.63) is 30.3 Å². The Kier molecular flexibility index (Phi) is 5.61. The zero-order valence-electron chi connectivity index (χ0n) is 6.16. The molecular weight excluding hydrogens is 162 g/mol. The van der Waals surface area contributed by atoms with Gasteiger partial charge in [-0.2, -0.15) is 0 Å². The summed E-state index contributed by atoms with van der Waals surface area (Å²) in [6.45, 7) is 1.15. The van der Waals surface area contributed by atoms with Crippen LogP contribution >= 0.6 is 0 Å². The van der Waals surface area contributed by atoms with Crippen molar-refractivity contribution in [1.29, 1.82) is 0 Å². The number of halogens is 1. The molecular formula is C8H11ClNO-. The van der Waals surface area contributed by atoms with Crippen LogP contribution in [0.5, 0.6) is 5.75 Å². The highest BCUT2D eigenvalue weighted by molar-refractivity contribution is 5.20. The van der Waals surface area contributed by atoms with Crippen LogP contribution in [0.3, 0.4) is 0 Å². The van der Waals surface area contributed by atoms with E-state index in [0.717, 1.165) is 5.75 Å². The van der Waals surface area contributed by atoms with Crippen molar-refractivity contribution >= 4 is 0 Å². The fraction of sp³-hybridized carbons (Fsp3) is 0.250. The molecule has 0 spiro atoms. The predicted molar refractivity (Wildman–Crippen MR) is 41.0 cm³/mol. The summed E-state index contributed by atoms with van der Waals surface area (Å²) < 4.78 is 5.23. The smallest absolute Gasteiger partial charge is 0.119 e. The summed E-state index contributed by atoms with van der Waals surface area (Å²) >= 11 is 0. The van der Waals surface area contributed by atoms with Gasteiger partial charge in [-0.3, -0.25) is 0 Å². The molecule has 0 radical (unpaired) electrons. The van der Waals surface area contributed by atoms with Crippen LogP contribution in [0.4, 0.5) is 0 Å². The van der Waals surface area contributed by atoms with Crippen LogP contribution in [0.15, 0.2) is 30.3 Å². The maximum atomic E-state index is 5.25. The van der Waals surface area contributed by atoms with Crippen molar-refractivity contribution in [2.75, 3.05) is 13.2 Å². The first-order chi connectivity index (χ1) is 4.93. The van der Waals surface area contributed by atoms with Crippen molar-refractivity contribution in [1.82, 2.24) is 0 Å². The quantitative estimate of drug-likeness (QED) is 0.574. The molecule has 1 aromatic rings. The number of nitrogens with two attached hydrogens (primary N) is 1. The molecule has 0 aliphatic carbocycles. The lowest BCUT2D eigenvalue weighted by Gasteiger charge is -2.01. The van der Waals surface area contributed by atoms with Gasteiger partial charge in [-0.05, 0) is 12.1 Å². The van der Waals surface area contributed by atoms with Crippen molar-refractivity contribution in [3.63, 3.8) is 0 Å². The molecule has 0 aliphatic rings. The van der Waals surface area contributed by atoms with Crippen LogP contribution in [-0.4, -0.2) is 13.2 Å². The molecule has 1 rings (SSSR count). The summed E-state index contributed by atoms with van der Waals surface area (Å²) in [6.07, 6.45) is 0. The fourth-order valence-corrected chi connectivity index (χ4v) is 0.693. The maximum absolute atomic E-state index is 5.25. The van der Waals surface area contributed by atoms with E-state index in [9.17, 15) is 0 Å². The molecule has 0 fully saturated rings. The largest absolute Gasteiger partial charge is 1.00 e. The normalized spacial score (nSPS) is 8.45. The standard InChI is InChI=1S/C8H11NO.ClH/c9-6-7-10-8-4-2-1-3-5-8;/h1-5H,6-7,9H2;1H/p-1. The van der Waals surface area contributed by atoms with Gasteiger partial charge in [0.05, 0.1) is 0 Å². The van der Waals surface area contributed by atoms with Crippen molar-refractivity contribution in [3.8, 4) is 5.75 Å². The SMILES string of the molecule is NCCOc1ccccc1.[Cl-]. The molecule has 0 saturated heterocycles. The summed E-state index contributed by atoms with van der Waals surface area (Å²) in [5.74, 6) is 0.882. The topological polar surface area (TPSA) is 35.2 Å². The lowest BCUT2D eigenvalue weighted by Crippen LogP contribution is -3.00. The Morgan fingerprint density at radius 2 is 1.82 bits per heavy atom. The number of ether oxygens (including phenoxy) is 1. The van der Waals surface area contributed by atoms with Crippen LogP contribution in [-0.2, 0) is 0 Å². The second-order valence-electron chi connectivity index (χ2n) is 1.95. The Balaban J connectivity index is 0.000001000. The van der Waals surface area contributed by atoms with Gasteiger partial charge in [0.25, 0.3) is 0 Å².